The zero-order valence-electron chi connectivity index (χ0n) is 6.22. The zero-order valence-corrected chi connectivity index (χ0v) is 6.22. The smallest absolute Gasteiger partial charge is 0.318 e. The molecule has 0 bridgehead atoms. The van der Waals surface area contributed by atoms with E-state index in [1.54, 1.807) is 6.92 Å². The van der Waals surface area contributed by atoms with E-state index in [0.717, 1.165) is 0 Å². The van der Waals surface area contributed by atoms with Crippen LogP contribution >= 0.6 is 0 Å². The van der Waals surface area contributed by atoms with Crippen molar-refractivity contribution in [3.05, 3.63) is 0 Å². The predicted molar refractivity (Wildman–Crippen MR) is 37.3 cm³/mol. The molecule has 0 radical (unpaired) electrons. The minimum Gasteiger partial charge on any atom is -0.393 e. The molecule has 1 fully saturated rings. The maximum absolute atomic E-state index is 10.8. The van der Waals surface area contributed by atoms with Gasteiger partial charge in [-0.25, -0.2) is 0 Å². The van der Waals surface area contributed by atoms with Gasteiger partial charge in [0.2, 0.25) is 0 Å². The molecule has 1 unspecified atom stereocenters. The van der Waals surface area contributed by atoms with Gasteiger partial charge < -0.3 is 4.74 Å². The Morgan fingerprint density at radius 1 is 1.64 bits per heavy atom. The van der Waals surface area contributed by atoms with Gasteiger partial charge in [0.25, 0.3) is 0 Å². The molecule has 0 aromatic heterocycles. The van der Waals surface area contributed by atoms with Gasteiger partial charge in [-0.15, -0.1) is 11.8 Å². The molecule has 0 aromatic rings. The molecule has 1 aliphatic rings. The van der Waals surface area contributed by atoms with Crippen molar-refractivity contribution in [1.29, 1.82) is 0 Å². The Morgan fingerprint density at radius 3 is 2.82 bits per heavy atom. The maximum Gasteiger partial charge on any atom is 0.318 e. The van der Waals surface area contributed by atoms with Gasteiger partial charge in [0.05, 0.1) is 12.3 Å². The van der Waals surface area contributed by atoms with Crippen molar-refractivity contribution in [3.63, 3.8) is 0 Å². The van der Waals surface area contributed by atoms with Crippen LogP contribution in [0.4, 0.5) is 0 Å². The van der Waals surface area contributed by atoms with Crippen molar-refractivity contribution in [2.75, 3.05) is 0 Å². The van der Waals surface area contributed by atoms with Crippen molar-refractivity contribution in [3.8, 4) is 11.8 Å². The number of cyclic esters (lactones) is 2. The van der Waals surface area contributed by atoms with E-state index in [0.29, 0.717) is 6.42 Å². The summed E-state index contributed by atoms with van der Waals surface area (Å²) >= 11 is 0. The van der Waals surface area contributed by atoms with Crippen LogP contribution in [0.2, 0.25) is 0 Å². The highest BCUT2D eigenvalue weighted by Crippen LogP contribution is 2.18. The summed E-state index contributed by atoms with van der Waals surface area (Å²) < 4.78 is 4.33. The SMILES string of the molecule is CC#CCC1CC(=O)OC1=O. The van der Waals surface area contributed by atoms with E-state index in [4.69, 9.17) is 0 Å². The summed E-state index contributed by atoms with van der Waals surface area (Å²) in [7, 11) is 0. The first-order valence-electron chi connectivity index (χ1n) is 3.38. The number of esters is 2. The standard InChI is InChI=1S/C8H8O3/c1-2-3-4-6-5-7(9)11-8(6)10/h6H,4-5H2,1H3. The molecule has 1 atom stereocenters. The first kappa shape index (κ1) is 7.80. The monoisotopic (exact) mass is 152 g/mol. The molecule has 11 heavy (non-hydrogen) atoms. The lowest BCUT2D eigenvalue weighted by atomic mass is 10.1. The Kier molecular flexibility index (Phi) is 2.27. The number of carbonyl (C=O) groups is 2. The van der Waals surface area contributed by atoms with Crippen molar-refractivity contribution >= 4 is 11.9 Å². The highest BCUT2D eigenvalue weighted by Gasteiger charge is 2.32. The first-order chi connectivity index (χ1) is 5.24. The van der Waals surface area contributed by atoms with Gasteiger partial charge in [-0.3, -0.25) is 9.59 Å². The summed E-state index contributed by atoms with van der Waals surface area (Å²) in [5.74, 6) is 4.21. The number of ether oxygens (including phenoxy) is 1. The molecule has 0 aromatic carbocycles. The minimum atomic E-state index is -0.433. The number of hydrogen-bond donors (Lipinski definition) is 0. The Labute approximate surface area is 64.7 Å². The van der Waals surface area contributed by atoms with Gasteiger partial charge in [0, 0.05) is 6.42 Å². The molecule has 1 aliphatic heterocycles. The largest absolute Gasteiger partial charge is 0.393 e. The van der Waals surface area contributed by atoms with Gasteiger partial charge in [0.1, 0.15) is 0 Å². The fourth-order valence-electron chi connectivity index (χ4n) is 0.902. The molecule has 1 saturated heterocycles. The van der Waals surface area contributed by atoms with Crippen LogP contribution in [0.25, 0.3) is 0 Å². The minimum absolute atomic E-state index is 0.188. The van der Waals surface area contributed by atoms with E-state index >= 15 is 0 Å². The lowest BCUT2D eigenvalue weighted by molar-refractivity contribution is -0.153. The Bertz CT molecular complexity index is 244. The highest BCUT2D eigenvalue weighted by molar-refractivity contribution is 5.94. The molecule has 0 amide bonds. The third-order valence-corrected chi connectivity index (χ3v) is 1.49. The van der Waals surface area contributed by atoms with E-state index in [9.17, 15) is 9.59 Å². The average Bonchev–Trinajstić information content (AvgIpc) is 2.26. The fourth-order valence-corrected chi connectivity index (χ4v) is 0.902. The summed E-state index contributed by atoms with van der Waals surface area (Å²) in [6, 6.07) is 0. The molecule has 3 heteroatoms. The van der Waals surface area contributed by atoms with Crippen molar-refractivity contribution in [2.45, 2.75) is 19.8 Å². The Morgan fingerprint density at radius 2 is 2.36 bits per heavy atom. The predicted octanol–water partition coefficient (Wildman–Crippen LogP) is 0.489. The summed E-state index contributed by atoms with van der Waals surface area (Å²) in [4.78, 5) is 21.3. The van der Waals surface area contributed by atoms with Gasteiger partial charge in [-0.05, 0) is 6.92 Å². The summed E-state index contributed by atoms with van der Waals surface area (Å²) in [5.41, 5.74) is 0. The normalized spacial score (nSPS) is 22.5. The molecule has 0 spiro atoms. The summed E-state index contributed by atoms with van der Waals surface area (Å²) in [6.45, 7) is 1.70. The fraction of sp³-hybridized carbons (Fsp3) is 0.500. The molecular weight excluding hydrogens is 144 g/mol. The topological polar surface area (TPSA) is 43.4 Å². The molecule has 1 rings (SSSR count). The second-order valence-corrected chi connectivity index (χ2v) is 2.33. The first-order valence-corrected chi connectivity index (χ1v) is 3.38. The molecular formula is C8H8O3. The molecule has 58 valence electrons. The Balaban J connectivity index is 2.51. The molecule has 3 nitrogen and oxygen atoms in total. The third kappa shape index (κ3) is 1.81. The summed E-state index contributed by atoms with van der Waals surface area (Å²) in [6.07, 6.45) is 0.620. The van der Waals surface area contributed by atoms with Crippen molar-refractivity contribution < 1.29 is 14.3 Å². The number of rotatable bonds is 1. The number of hydrogen-bond acceptors (Lipinski definition) is 3. The highest BCUT2D eigenvalue weighted by atomic mass is 16.6. The van der Waals surface area contributed by atoms with Crippen LogP contribution in [0.3, 0.4) is 0 Å². The van der Waals surface area contributed by atoms with Crippen LogP contribution in [0, 0.1) is 17.8 Å². The maximum atomic E-state index is 10.8. The van der Waals surface area contributed by atoms with Gasteiger partial charge in [-0.2, -0.15) is 0 Å². The van der Waals surface area contributed by atoms with Gasteiger partial charge >= 0.3 is 11.9 Å². The van der Waals surface area contributed by atoms with Gasteiger partial charge in [0.15, 0.2) is 0 Å². The summed E-state index contributed by atoms with van der Waals surface area (Å²) in [5, 5.41) is 0. The van der Waals surface area contributed by atoms with Crippen LogP contribution in [-0.2, 0) is 14.3 Å². The Hall–Kier alpha value is -1.30. The second kappa shape index (κ2) is 3.20. The van der Waals surface area contributed by atoms with Crippen molar-refractivity contribution in [2.24, 2.45) is 5.92 Å². The van der Waals surface area contributed by atoms with Crippen LogP contribution < -0.4 is 0 Å². The van der Waals surface area contributed by atoms with E-state index in [2.05, 4.69) is 16.6 Å². The number of carbonyl (C=O) groups excluding carboxylic acids is 2. The third-order valence-electron chi connectivity index (χ3n) is 1.49. The molecule has 1 heterocycles. The van der Waals surface area contributed by atoms with E-state index < -0.39 is 11.9 Å². The van der Waals surface area contributed by atoms with Crippen LogP contribution in [0.5, 0.6) is 0 Å². The van der Waals surface area contributed by atoms with E-state index in [1.165, 1.54) is 0 Å². The second-order valence-electron chi connectivity index (χ2n) is 2.33. The average molecular weight is 152 g/mol. The van der Waals surface area contributed by atoms with Crippen LogP contribution in [0.1, 0.15) is 19.8 Å². The van der Waals surface area contributed by atoms with E-state index in [1.807, 2.05) is 0 Å². The molecule has 0 saturated carbocycles. The van der Waals surface area contributed by atoms with Crippen molar-refractivity contribution in [1.82, 2.24) is 0 Å². The molecule has 0 aliphatic carbocycles. The van der Waals surface area contributed by atoms with E-state index in [-0.39, 0.29) is 12.3 Å². The zero-order chi connectivity index (χ0) is 8.27. The van der Waals surface area contributed by atoms with Gasteiger partial charge in [-0.1, -0.05) is 0 Å². The lowest BCUT2D eigenvalue weighted by Gasteiger charge is -1.94. The van der Waals surface area contributed by atoms with Crippen LogP contribution in [0.15, 0.2) is 0 Å². The molecule has 0 N–H and O–H groups in total. The van der Waals surface area contributed by atoms with Crippen LogP contribution in [-0.4, -0.2) is 11.9 Å². The lowest BCUT2D eigenvalue weighted by Crippen LogP contribution is -2.05. The quantitative estimate of drug-likeness (QED) is 0.312.